The summed E-state index contributed by atoms with van der Waals surface area (Å²) in [6, 6.07) is 6.03. The van der Waals surface area contributed by atoms with Crippen LogP contribution in [0.25, 0.3) is 22.6 Å². The van der Waals surface area contributed by atoms with Gasteiger partial charge in [0.1, 0.15) is 18.2 Å². The molecule has 0 aromatic carbocycles. The predicted octanol–water partition coefficient (Wildman–Crippen LogP) is 0.277. The fourth-order valence-electron chi connectivity index (χ4n) is 3.66. The van der Waals surface area contributed by atoms with Crippen molar-refractivity contribution in [2.75, 3.05) is 23.7 Å². The second kappa shape index (κ2) is 6.53. The minimum Gasteiger partial charge on any atom is -0.382 e. The number of tetrazole rings is 1. The van der Waals surface area contributed by atoms with E-state index >= 15 is 0 Å². The molecule has 0 bridgehead atoms. The van der Waals surface area contributed by atoms with E-state index in [2.05, 4.69) is 41.6 Å². The van der Waals surface area contributed by atoms with Gasteiger partial charge >= 0.3 is 0 Å². The number of rotatable bonds is 3. The van der Waals surface area contributed by atoms with Crippen LogP contribution in [0.3, 0.4) is 0 Å². The molecule has 0 unspecified atom stereocenters. The third-order valence-electron chi connectivity index (χ3n) is 4.99. The quantitative estimate of drug-likeness (QED) is 0.514. The first kappa shape index (κ1) is 16.6. The topological polar surface area (TPSA) is 142 Å². The van der Waals surface area contributed by atoms with Crippen molar-refractivity contribution in [1.82, 2.24) is 39.8 Å². The first-order chi connectivity index (χ1) is 13.7. The summed E-state index contributed by atoms with van der Waals surface area (Å²) in [5.41, 5.74) is 16.0. The summed E-state index contributed by atoms with van der Waals surface area (Å²) < 4.78 is 3.31. The molecule has 11 heteroatoms. The van der Waals surface area contributed by atoms with Gasteiger partial charge in [-0.1, -0.05) is 0 Å². The van der Waals surface area contributed by atoms with E-state index < -0.39 is 0 Å². The van der Waals surface area contributed by atoms with Crippen LogP contribution in [0.2, 0.25) is 0 Å². The molecular formula is C17H19N11. The fourth-order valence-corrected chi connectivity index (χ4v) is 3.66. The summed E-state index contributed by atoms with van der Waals surface area (Å²) in [6.45, 7) is 1.71. The highest BCUT2D eigenvalue weighted by molar-refractivity contribution is 5.88. The van der Waals surface area contributed by atoms with Gasteiger partial charge < -0.3 is 16.4 Å². The van der Waals surface area contributed by atoms with Crippen LogP contribution in [0.15, 0.2) is 37.1 Å². The summed E-state index contributed by atoms with van der Waals surface area (Å²) in [6.07, 6.45) is 6.80. The Morgan fingerprint density at radius 2 is 2.11 bits per heavy atom. The van der Waals surface area contributed by atoms with Gasteiger partial charge in [-0.05, 0) is 41.5 Å². The van der Waals surface area contributed by atoms with Gasteiger partial charge in [0.25, 0.3) is 0 Å². The minimum absolute atomic E-state index is 0.148. The molecule has 0 radical (unpaired) electrons. The lowest BCUT2D eigenvalue weighted by atomic mass is 10.1. The number of nitrogen functional groups attached to an aromatic ring is 1. The van der Waals surface area contributed by atoms with Crippen molar-refractivity contribution in [3.8, 4) is 17.1 Å². The standard InChI is InChI=1S/C17H19N11/c18-12-2-1-5-26(8-12)14-6-13(28-16(14)17(19)21-9-23-28)11-3-4-15(20-7-11)27-10-22-24-25-27/h3-4,6-7,9-10,12H,1-2,5,8,18H2,(H2,19,21,23)/t12-/m1/s1. The predicted molar refractivity (Wildman–Crippen MR) is 103 cm³/mol. The Hall–Kier alpha value is -3.60. The lowest BCUT2D eigenvalue weighted by Gasteiger charge is -2.32. The van der Waals surface area contributed by atoms with E-state index in [1.165, 1.54) is 17.3 Å². The number of piperidine rings is 1. The van der Waals surface area contributed by atoms with Crippen molar-refractivity contribution < 1.29 is 0 Å². The number of hydrogen-bond donors (Lipinski definition) is 2. The van der Waals surface area contributed by atoms with Crippen molar-refractivity contribution in [2.24, 2.45) is 5.73 Å². The molecule has 0 saturated carbocycles. The highest BCUT2D eigenvalue weighted by atomic mass is 15.5. The second-order valence-electron chi connectivity index (χ2n) is 6.83. The highest BCUT2D eigenvalue weighted by Crippen LogP contribution is 2.34. The van der Waals surface area contributed by atoms with E-state index in [0.717, 1.165) is 48.4 Å². The van der Waals surface area contributed by atoms with Crippen molar-refractivity contribution >= 4 is 17.0 Å². The highest BCUT2D eigenvalue weighted by Gasteiger charge is 2.23. The Morgan fingerprint density at radius 3 is 2.86 bits per heavy atom. The van der Waals surface area contributed by atoms with Crippen LogP contribution in [0.1, 0.15) is 12.8 Å². The minimum atomic E-state index is 0.148. The Kier molecular flexibility index (Phi) is 3.86. The van der Waals surface area contributed by atoms with E-state index in [1.807, 2.05) is 16.6 Å². The van der Waals surface area contributed by atoms with Crippen LogP contribution in [-0.4, -0.2) is 58.9 Å². The number of anilines is 2. The molecule has 0 amide bonds. The molecule has 5 heterocycles. The molecular weight excluding hydrogens is 358 g/mol. The van der Waals surface area contributed by atoms with Crippen LogP contribution in [0.4, 0.5) is 11.5 Å². The maximum atomic E-state index is 6.21. The molecule has 1 atom stereocenters. The fraction of sp³-hybridized carbons (Fsp3) is 0.294. The number of nitrogens with two attached hydrogens (primary N) is 2. The molecule has 11 nitrogen and oxygen atoms in total. The first-order valence-electron chi connectivity index (χ1n) is 9.03. The Bertz CT molecular complexity index is 1100. The molecule has 5 rings (SSSR count). The Labute approximate surface area is 160 Å². The first-order valence-corrected chi connectivity index (χ1v) is 9.03. The largest absolute Gasteiger partial charge is 0.382 e. The van der Waals surface area contributed by atoms with Gasteiger partial charge in [0.05, 0.1) is 11.4 Å². The van der Waals surface area contributed by atoms with Crippen LogP contribution in [0.5, 0.6) is 0 Å². The van der Waals surface area contributed by atoms with Crippen LogP contribution in [-0.2, 0) is 0 Å². The zero-order chi connectivity index (χ0) is 19.1. The number of pyridine rings is 1. The van der Waals surface area contributed by atoms with E-state index in [4.69, 9.17) is 11.5 Å². The average Bonchev–Trinajstić information content (AvgIpc) is 3.37. The Morgan fingerprint density at radius 1 is 1.18 bits per heavy atom. The smallest absolute Gasteiger partial charge is 0.156 e. The molecule has 4 N–H and O–H groups in total. The van der Waals surface area contributed by atoms with Gasteiger partial charge in [0.15, 0.2) is 11.6 Å². The van der Waals surface area contributed by atoms with Crippen molar-refractivity contribution in [3.63, 3.8) is 0 Å². The summed E-state index contributed by atoms with van der Waals surface area (Å²) >= 11 is 0. The van der Waals surface area contributed by atoms with Crippen molar-refractivity contribution in [1.29, 1.82) is 0 Å². The summed E-state index contributed by atoms with van der Waals surface area (Å²) in [5, 5.41) is 15.5. The molecule has 1 aliphatic rings. The maximum Gasteiger partial charge on any atom is 0.156 e. The van der Waals surface area contributed by atoms with Gasteiger partial charge in [-0.25, -0.2) is 14.5 Å². The van der Waals surface area contributed by atoms with E-state index in [1.54, 1.807) is 6.20 Å². The van der Waals surface area contributed by atoms with E-state index in [-0.39, 0.29) is 6.04 Å². The molecule has 1 fully saturated rings. The second-order valence-corrected chi connectivity index (χ2v) is 6.83. The Balaban J connectivity index is 1.61. The molecule has 0 aliphatic carbocycles. The summed E-state index contributed by atoms with van der Waals surface area (Å²) in [4.78, 5) is 10.9. The SMILES string of the molecule is Nc1ncnn2c(-c3ccc(-n4cnnn4)nc3)cc(N3CCC[C@@H](N)C3)c12. The molecule has 4 aromatic heterocycles. The zero-order valence-electron chi connectivity index (χ0n) is 15.0. The number of hydrogen-bond acceptors (Lipinski definition) is 9. The summed E-state index contributed by atoms with van der Waals surface area (Å²) in [5.74, 6) is 1.07. The zero-order valence-corrected chi connectivity index (χ0v) is 15.0. The molecule has 0 spiro atoms. The molecule has 1 aliphatic heterocycles. The van der Waals surface area contributed by atoms with Gasteiger partial charge in [0.2, 0.25) is 0 Å². The van der Waals surface area contributed by atoms with Crippen LogP contribution >= 0.6 is 0 Å². The average molecular weight is 377 g/mol. The molecule has 142 valence electrons. The van der Waals surface area contributed by atoms with Crippen LogP contribution in [0, 0.1) is 0 Å². The lowest BCUT2D eigenvalue weighted by molar-refractivity contribution is 0.507. The summed E-state index contributed by atoms with van der Waals surface area (Å²) in [7, 11) is 0. The van der Waals surface area contributed by atoms with E-state index in [0.29, 0.717) is 11.6 Å². The number of fused-ring (bicyclic) bond motifs is 1. The van der Waals surface area contributed by atoms with Gasteiger partial charge in [-0.3, -0.25) is 0 Å². The monoisotopic (exact) mass is 377 g/mol. The number of nitrogens with zero attached hydrogens (tertiary/aromatic N) is 9. The van der Waals surface area contributed by atoms with Crippen molar-refractivity contribution in [3.05, 3.63) is 37.1 Å². The molecule has 28 heavy (non-hydrogen) atoms. The third kappa shape index (κ3) is 2.72. The number of aromatic nitrogens is 8. The van der Waals surface area contributed by atoms with Crippen molar-refractivity contribution in [2.45, 2.75) is 18.9 Å². The molecule has 1 saturated heterocycles. The van der Waals surface area contributed by atoms with Gasteiger partial charge in [0, 0.05) is 30.9 Å². The maximum absolute atomic E-state index is 6.21. The van der Waals surface area contributed by atoms with Gasteiger partial charge in [-0.15, -0.1) is 5.10 Å². The van der Waals surface area contributed by atoms with Crippen LogP contribution < -0.4 is 16.4 Å². The normalized spacial score (nSPS) is 17.3. The lowest BCUT2D eigenvalue weighted by Crippen LogP contribution is -2.42. The molecule has 4 aromatic rings. The third-order valence-corrected chi connectivity index (χ3v) is 4.99. The van der Waals surface area contributed by atoms with E-state index in [9.17, 15) is 0 Å². The van der Waals surface area contributed by atoms with Gasteiger partial charge in [-0.2, -0.15) is 9.78 Å².